The minimum atomic E-state index is -0.424. The first-order chi connectivity index (χ1) is 13.2. The van der Waals surface area contributed by atoms with Crippen LogP contribution >= 0.6 is 0 Å². The summed E-state index contributed by atoms with van der Waals surface area (Å²) in [5.74, 6) is 1.62. The second-order valence-electron chi connectivity index (χ2n) is 6.26. The molecule has 0 atom stereocenters. The van der Waals surface area contributed by atoms with Crippen LogP contribution in [0.1, 0.15) is 44.6 Å². The van der Waals surface area contributed by atoms with Crippen molar-refractivity contribution in [1.82, 2.24) is 0 Å². The van der Waals surface area contributed by atoms with Crippen LogP contribution in [0.15, 0.2) is 54.6 Å². The highest BCUT2D eigenvalue weighted by atomic mass is 16.5. The molecule has 144 valence electrons. The minimum absolute atomic E-state index is 0.424. The highest BCUT2D eigenvalue weighted by Gasteiger charge is 2.01. The van der Waals surface area contributed by atoms with Crippen LogP contribution in [0.3, 0.4) is 0 Å². The molecular formula is C23H28O4. The van der Waals surface area contributed by atoms with Gasteiger partial charge in [0.15, 0.2) is 0 Å². The topological polar surface area (TPSA) is 44.8 Å². The fraction of sp³-hybridized carbons (Fsp3) is 0.348. The van der Waals surface area contributed by atoms with E-state index in [0.29, 0.717) is 11.5 Å². The van der Waals surface area contributed by atoms with Crippen molar-refractivity contribution in [2.45, 2.75) is 39.0 Å². The van der Waals surface area contributed by atoms with E-state index in [-0.39, 0.29) is 0 Å². The van der Waals surface area contributed by atoms with Crippen LogP contribution in [0.4, 0.5) is 0 Å². The van der Waals surface area contributed by atoms with E-state index in [9.17, 15) is 4.79 Å². The van der Waals surface area contributed by atoms with Gasteiger partial charge in [-0.25, -0.2) is 4.79 Å². The summed E-state index contributed by atoms with van der Waals surface area (Å²) in [6, 6.07) is 14.6. The van der Waals surface area contributed by atoms with Crippen LogP contribution in [-0.4, -0.2) is 19.7 Å². The van der Waals surface area contributed by atoms with E-state index in [0.717, 1.165) is 24.3 Å². The maximum Gasteiger partial charge on any atom is 0.336 e. The van der Waals surface area contributed by atoms with Crippen LogP contribution in [0.5, 0.6) is 17.2 Å². The van der Waals surface area contributed by atoms with Crippen molar-refractivity contribution in [3.8, 4) is 17.2 Å². The Morgan fingerprint density at radius 1 is 0.852 bits per heavy atom. The van der Waals surface area contributed by atoms with Gasteiger partial charge in [-0.3, -0.25) is 0 Å². The second-order valence-corrected chi connectivity index (χ2v) is 6.26. The summed E-state index contributed by atoms with van der Waals surface area (Å²) in [7, 11) is 1.59. The van der Waals surface area contributed by atoms with Gasteiger partial charge < -0.3 is 14.2 Å². The molecule has 0 saturated carbocycles. The third-order valence-corrected chi connectivity index (χ3v) is 4.09. The predicted molar refractivity (Wildman–Crippen MR) is 108 cm³/mol. The molecule has 2 rings (SSSR count). The van der Waals surface area contributed by atoms with Gasteiger partial charge in [0.1, 0.15) is 17.2 Å². The van der Waals surface area contributed by atoms with Gasteiger partial charge in [-0.2, -0.15) is 0 Å². The molecule has 0 saturated heterocycles. The van der Waals surface area contributed by atoms with Crippen LogP contribution in [0, 0.1) is 0 Å². The number of carbonyl (C=O) groups excluding carboxylic acids is 1. The molecule has 0 spiro atoms. The van der Waals surface area contributed by atoms with Gasteiger partial charge in [0.05, 0.1) is 13.7 Å². The van der Waals surface area contributed by atoms with Crippen LogP contribution in [0.2, 0.25) is 0 Å². The molecule has 27 heavy (non-hydrogen) atoms. The number of methoxy groups -OCH3 is 1. The van der Waals surface area contributed by atoms with Crippen molar-refractivity contribution >= 4 is 12.0 Å². The molecule has 0 aliphatic heterocycles. The normalized spacial score (nSPS) is 10.7. The van der Waals surface area contributed by atoms with E-state index >= 15 is 0 Å². The second kappa shape index (κ2) is 11.8. The van der Waals surface area contributed by atoms with Gasteiger partial charge in [0.25, 0.3) is 0 Å². The average molecular weight is 368 g/mol. The van der Waals surface area contributed by atoms with Crippen molar-refractivity contribution in [2.24, 2.45) is 0 Å². The first-order valence-corrected chi connectivity index (χ1v) is 9.48. The molecule has 0 aliphatic carbocycles. The summed E-state index contributed by atoms with van der Waals surface area (Å²) in [5.41, 5.74) is 0.914. The lowest BCUT2D eigenvalue weighted by Crippen LogP contribution is -2.03. The Balaban J connectivity index is 1.74. The number of esters is 1. The number of ether oxygens (including phenoxy) is 3. The molecule has 0 fully saturated rings. The molecule has 2 aromatic carbocycles. The number of hydrogen-bond acceptors (Lipinski definition) is 4. The number of hydrogen-bond donors (Lipinski definition) is 0. The lowest BCUT2D eigenvalue weighted by molar-refractivity contribution is -0.128. The monoisotopic (exact) mass is 368 g/mol. The maximum absolute atomic E-state index is 11.9. The Kier molecular flexibility index (Phi) is 8.98. The van der Waals surface area contributed by atoms with E-state index in [4.69, 9.17) is 14.2 Å². The summed E-state index contributed by atoms with van der Waals surface area (Å²) in [5, 5.41) is 0. The summed E-state index contributed by atoms with van der Waals surface area (Å²) < 4.78 is 16.1. The van der Waals surface area contributed by atoms with Crippen LogP contribution in [-0.2, 0) is 4.79 Å². The van der Waals surface area contributed by atoms with Gasteiger partial charge in [-0.15, -0.1) is 0 Å². The van der Waals surface area contributed by atoms with E-state index in [2.05, 4.69) is 6.92 Å². The molecule has 0 amide bonds. The summed E-state index contributed by atoms with van der Waals surface area (Å²) in [6.45, 7) is 2.96. The van der Waals surface area contributed by atoms with Crippen molar-refractivity contribution < 1.29 is 19.0 Å². The molecule has 0 radical (unpaired) electrons. The Hall–Kier alpha value is -2.75. The van der Waals surface area contributed by atoms with Gasteiger partial charge in [-0.1, -0.05) is 44.7 Å². The van der Waals surface area contributed by atoms with Crippen molar-refractivity contribution in [3.63, 3.8) is 0 Å². The Labute approximate surface area is 161 Å². The summed E-state index contributed by atoms with van der Waals surface area (Å²) >= 11 is 0. The fourth-order valence-electron chi connectivity index (χ4n) is 2.53. The molecule has 0 N–H and O–H groups in total. The fourth-order valence-corrected chi connectivity index (χ4v) is 2.53. The van der Waals surface area contributed by atoms with Crippen molar-refractivity contribution in [1.29, 1.82) is 0 Å². The molecule has 0 unspecified atom stereocenters. The Morgan fingerprint density at radius 3 is 2.15 bits per heavy atom. The van der Waals surface area contributed by atoms with Crippen LogP contribution in [0.25, 0.3) is 6.08 Å². The van der Waals surface area contributed by atoms with Crippen molar-refractivity contribution in [2.75, 3.05) is 13.7 Å². The third kappa shape index (κ3) is 7.99. The van der Waals surface area contributed by atoms with E-state index < -0.39 is 5.97 Å². The number of rotatable bonds is 11. The zero-order chi connectivity index (χ0) is 19.3. The van der Waals surface area contributed by atoms with Gasteiger partial charge in [0.2, 0.25) is 0 Å². The van der Waals surface area contributed by atoms with Gasteiger partial charge in [0, 0.05) is 6.08 Å². The zero-order valence-corrected chi connectivity index (χ0v) is 16.1. The quantitative estimate of drug-likeness (QED) is 0.222. The zero-order valence-electron chi connectivity index (χ0n) is 16.1. The Bertz CT molecular complexity index is 702. The first-order valence-electron chi connectivity index (χ1n) is 9.48. The molecular weight excluding hydrogens is 340 g/mol. The highest BCUT2D eigenvalue weighted by molar-refractivity contribution is 5.88. The Morgan fingerprint density at radius 2 is 1.48 bits per heavy atom. The smallest absolute Gasteiger partial charge is 0.336 e. The largest absolute Gasteiger partial charge is 0.497 e. The number of benzene rings is 2. The average Bonchev–Trinajstić information content (AvgIpc) is 2.70. The molecule has 0 aliphatic rings. The highest BCUT2D eigenvalue weighted by Crippen LogP contribution is 2.18. The van der Waals surface area contributed by atoms with Gasteiger partial charge in [-0.05, 0) is 54.5 Å². The maximum atomic E-state index is 11.9. The minimum Gasteiger partial charge on any atom is -0.497 e. The molecule has 0 heterocycles. The summed E-state index contributed by atoms with van der Waals surface area (Å²) in [6.07, 6.45) is 9.25. The molecule has 2 aromatic rings. The SMILES string of the molecule is CCCCCCCOc1ccc(/C=C/C(=O)Oc2ccc(OC)cc2)cc1. The summed E-state index contributed by atoms with van der Waals surface area (Å²) in [4.78, 5) is 11.9. The van der Waals surface area contributed by atoms with E-state index in [1.54, 1.807) is 37.5 Å². The molecule has 0 bridgehead atoms. The molecule has 0 aromatic heterocycles. The first kappa shape index (κ1) is 20.6. The number of unbranched alkanes of at least 4 members (excludes halogenated alkanes) is 4. The van der Waals surface area contributed by atoms with E-state index in [1.807, 2.05) is 24.3 Å². The predicted octanol–water partition coefficient (Wildman–Crippen LogP) is 5.66. The van der Waals surface area contributed by atoms with E-state index in [1.165, 1.54) is 31.8 Å². The van der Waals surface area contributed by atoms with Crippen LogP contribution < -0.4 is 14.2 Å². The van der Waals surface area contributed by atoms with Crippen molar-refractivity contribution in [3.05, 3.63) is 60.2 Å². The standard InChI is InChI=1S/C23H28O4/c1-3-4-5-6-7-18-26-21-11-8-19(9-12-21)10-17-23(24)27-22-15-13-20(25-2)14-16-22/h8-17H,3-7,18H2,1-2H3/b17-10+. The third-order valence-electron chi connectivity index (χ3n) is 4.09. The molecule has 4 heteroatoms. The van der Waals surface area contributed by atoms with Gasteiger partial charge >= 0.3 is 5.97 Å². The molecule has 4 nitrogen and oxygen atoms in total. The lowest BCUT2D eigenvalue weighted by atomic mass is 10.2. The lowest BCUT2D eigenvalue weighted by Gasteiger charge is -2.06. The number of carbonyl (C=O) groups is 1.